The first-order valence-electron chi connectivity index (χ1n) is 7.08. The van der Waals surface area contributed by atoms with E-state index in [4.69, 9.17) is 0 Å². The largest absolute Gasteiger partial charge is 0.326 e. The molecule has 0 bridgehead atoms. The van der Waals surface area contributed by atoms with Gasteiger partial charge in [-0.25, -0.2) is 0 Å². The maximum Gasteiger partial charge on any atom is 0.287 e. The quantitative estimate of drug-likeness (QED) is 0.682. The molecule has 114 valence electrons. The standard InChI is InChI=1S/C15H16N4O3/c20-13(17-12-8-16-19-15(12)22)6-5-10-7-9-3-1-2-4-11(9)18-14(10)21/h1-4,8,10H,5-7H2,(H,17,20)(H,18,21)(H2,16,19,22). The van der Waals surface area contributed by atoms with Gasteiger partial charge in [-0.15, -0.1) is 0 Å². The molecule has 0 fully saturated rings. The molecule has 7 nitrogen and oxygen atoms in total. The van der Waals surface area contributed by atoms with Crippen LogP contribution in [0.4, 0.5) is 11.4 Å². The van der Waals surface area contributed by atoms with Crippen molar-refractivity contribution in [3.8, 4) is 0 Å². The summed E-state index contributed by atoms with van der Waals surface area (Å²) in [5.41, 5.74) is 1.72. The van der Waals surface area contributed by atoms with Gasteiger partial charge in [0.1, 0.15) is 5.69 Å². The first-order chi connectivity index (χ1) is 10.6. The van der Waals surface area contributed by atoms with Gasteiger partial charge in [-0.05, 0) is 24.5 Å². The molecular weight excluding hydrogens is 284 g/mol. The summed E-state index contributed by atoms with van der Waals surface area (Å²) in [5.74, 6) is -0.576. The van der Waals surface area contributed by atoms with E-state index < -0.39 is 0 Å². The predicted molar refractivity (Wildman–Crippen MR) is 81.5 cm³/mol. The Labute approximate surface area is 126 Å². The number of hydrogen-bond acceptors (Lipinski definition) is 3. The maximum atomic E-state index is 12.0. The fourth-order valence-corrected chi connectivity index (χ4v) is 2.56. The van der Waals surface area contributed by atoms with Crippen LogP contribution in [-0.4, -0.2) is 22.0 Å². The minimum absolute atomic E-state index is 0.0639. The Hall–Kier alpha value is -2.83. The predicted octanol–water partition coefficient (Wildman–Crippen LogP) is 1.23. The Morgan fingerprint density at radius 3 is 2.86 bits per heavy atom. The molecule has 0 radical (unpaired) electrons. The number of aromatic amines is 2. The Balaban J connectivity index is 1.58. The van der Waals surface area contributed by atoms with Gasteiger partial charge in [0.05, 0.1) is 0 Å². The number of nitrogens with one attached hydrogen (secondary N) is 4. The van der Waals surface area contributed by atoms with Gasteiger partial charge in [0.15, 0.2) is 0 Å². The van der Waals surface area contributed by atoms with Gasteiger partial charge in [-0.2, -0.15) is 0 Å². The molecule has 22 heavy (non-hydrogen) atoms. The van der Waals surface area contributed by atoms with Crippen LogP contribution in [0.25, 0.3) is 0 Å². The lowest BCUT2D eigenvalue weighted by Crippen LogP contribution is -2.30. The number of carbonyl (C=O) groups is 2. The second-order valence-electron chi connectivity index (χ2n) is 5.29. The summed E-state index contributed by atoms with van der Waals surface area (Å²) in [6.45, 7) is 0. The van der Waals surface area contributed by atoms with Crippen molar-refractivity contribution >= 4 is 23.2 Å². The summed E-state index contributed by atoms with van der Waals surface area (Å²) in [4.78, 5) is 35.2. The van der Waals surface area contributed by atoms with Crippen molar-refractivity contribution in [3.05, 3.63) is 46.4 Å². The lowest BCUT2D eigenvalue weighted by Gasteiger charge is -2.24. The summed E-state index contributed by atoms with van der Waals surface area (Å²) in [7, 11) is 0. The van der Waals surface area contributed by atoms with Gasteiger partial charge in [0.2, 0.25) is 11.8 Å². The Morgan fingerprint density at radius 2 is 2.09 bits per heavy atom. The van der Waals surface area contributed by atoms with Crippen LogP contribution in [0.1, 0.15) is 18.4 Å². The normalized spacial score (nSPS) is 16.7. The molecule has 1 aliphatic rings. The van der Waals surface area contributed by atoms with E-state index in [1.165, 1.54) is 6.20 Å². The van der Waals surface area contributed by atoms with Crippen LogP contribution >= 0.6 is 0 Å². The van der Waals surface area contributed by atoms with Gasteiger partial charge in [0, 0.05) is 24.2 Å². The zero-order chi connectivity index (χ0) is 15.5. The third-order valence-electron chi connectivity index (χ3n) is 3.75. The van der Waals surface area contributed by atoms with E-state index in [-0.39, 0.29) is 35.4 Å². The number of benzene rings is 1. The third-order valence-corrected chi connectivity index (χ3v) is 3.75. The second-order valence-corrected chi connectivity index (χ2v) is 5.29. The highest BCUT2D eigenvalue weighted by Gasteiger charge is 2.26. The molecule has 1 aromatic carbocycles. The average molecular weight is 300 g/mol. The Bertz CT molecular complexity index is 762. The minimum atomic E-state index is -0.377. The summed E-state index contributed by atoms with van der Waals surface area (Å²) in [6, 6.07) is 7.65. The molecule has 0 aliphatic carbocycles. The molecule has 0 saturated carbocycles. The fourth-order valence-electron chi connectivity index (χ4n) is 2.56. The molecule has 2 amide bonds. The number of H-pyrrole nitrogens is 2. The van der Waals surface area contributed by atoms with Gasteiger partial charge >= 0.3 is 0 Å². The zero-order valence-electron chi connectivity index (χ0n) is 11.8. The topological polar surface area (TPSA) is 107 Å². The fraction of sp³-hybridized carbons (Fsp3) is 0.267. The zero-order valence-corrected chi connectivity index (χ0v) is 11.8. The number of hydrogen-bond donors (Lipinski definition) is 4. The highest BCUT2D eigenvalue weighted by Crippen LogP contribution is 2.27. The molecule has 1 aliphatic heterocycles. The van der Waals surface area contributed by atoms with E-state index in [1.54, 1.807) is 0 Å². The maximum absolute atomic E-state index is 12.0. The number of rotatable bonds is 4. The van der Waals surface area contributed by atoms with Gasteiger partial charge in [-0.1, -0.05) is 18.2 Å². The van der Waals surface area contributed by atoms with E-state index in [0.717, 1.165) is 11.3 Å². The molecule has 1 aromatic heterocycles. The molecule has 3 rings (SSSR count). The number of para-hydroxylation sites is 1. The van der Waals surface area contributed by atoms with Crippen LogP contribution in [0, 0.1) is 5.92 Å². The van der Waals surface area contributed by atoms with E-state index in [2.05, 4.69) is 20.8 Å². The van der Waals surface area contributed by atoms with Crippen LogP contribution < -0.4 is 16.2 Å². The van der Waals surface area contributed by atoms with Crippen molar-refractivity contribution in [2.24, 2.45) is 5.92 Å². The number of fused-ring (bicyclic) bond motifs is 1. The summed E-state index contributed by atoms with van der Waals surface area (Å²) in [5, 5.41) is 10.2. The van der Waals surface area contributed by atoms with Crippen LogP contribution in [-0.2, 0) is 16.0 Å². The minimum Gasteiger partial charge on any atom is -0.326 e. The summed E-state index contributed by atoms with van der Waals surface area (Å²) in [6.07, 6.45) is 2.64. The van der Waals surface area contributed by atoms with E-state index in [1.807, 2.05) is 24.3 Å². The van der Waals surface area contributed by atoms with Crippen molar-refractivity contribution in [1.82, 2.24) is 10.2 Å². The van der Waals surface area contributed by atoms with Crippen LogP contribution in [0.2, 0.25) is 0 Å². The monoisotopic (exact) mass is 300 g/mol. The van der Waals surface area contributed by atoms with Crippen molar-refractivity contribution in [2.75, 3.05) is 10.6 Å². The Morgan fingerprint density at radius 1 is 1.27 bits per heavy atom. The molecule has 1 unspecified atom stereocenters. The number of aromatic nitrogens is 2. The molecule has 1 atom stereocenters. The average Bonchev–Trinajstić information content (AvgIpc) is 2.90. The van der Waals surface area contributed by atoms with Gasteiger partial charge in [0.25, 0.3) is 5.56 Å². The van der Waals surface area contributed by atoms with Crippen molar-refractivity contribution in [3.63, 3.8) is 0 Å². The first-order valence-corrected chi connectivity index (χ1v) is 7.08. The molecule has 2 heterocycles. The molecule has 2 aromatic rings. The van der Waals surface area contributed by atoms with Crippen molar-refractivity contribution in [2.45, 2.75) is 19.3 Å². The first kappa shape index (κ1) is 14.1. The lowest BCUT2D eigenvalue weighted by atomic mass is 9.89. The highest BCUT2D eigenvalue weighted by molar-refractivity contribution is 5.96. The Kier molecular flexibility index (Phi) is 3.78. The van der Waals surface area contributed by atoms with Gasteiger partial charge in [-0.3, -0.25) is 19.5 Å². The number of carbonyl (C=O) groups excluding carboxylic acids is 2. The summed E-state index contributed by atoms with van der Waals surface area (Å²) < 4.78 is 0. The van der Waals surface area contributed by atoms with Crippen molar-refractivity contribution < 1.29 is 9.59 Å². The van der Waals surface area contributed by atoms with Crippen LogP contribution in [0.3, 0.4) is 0 Å². The van der Waals surface area contributed by atoms with Crippen LogP contribution in [0.5, 0.6) is 0 Å². The smallest absolute Gasteiger partial charge is 0.287 e. The summed E-state index contributed by atoms with van der Waals surface area (Å²) >= 11 is 0. The molecule has 0 saturated heterocycles. The lowest BCUT2D eigenvalue weighted by molar-refractivity contribution is -0.121. The van der Waals surface area contributed by atoms with E-state index >= 15 is 0 Å². The molecular formula is C15H16N4O3. The van der Waals surface area contributed by atoms with E-state index in [0.29, 0.717) is 12.8 Å². The van der Waals surface area contributed by atoms with E-state index in [9.17, 15) is 14.4 Å². The SMILES string of the molecule is O=C(CCC1Cc2ccccc2NC1=O)Nc1c[nH][nH]c1=O. The second kappa shape index (κ2) is 5.88. The number of amides is 2. The molecule has 4 N–H and O–H groups in total. The molecule has 7 heteroatoms. The van der Waals surface area contributed by atoms with Gasteiger partial charge < -0.3 is 15.7 Å². The third kappa shape index (κ3) is 2.93. The highest BCUT2D eigenvalue weighted by atomic mass is 16.2. The molecule has 0 spiro atoms. The van der Waals surface area contributed by atoms with Crippen LogP contribution in [0.15, 0.2) is 35.3 Å². The number of anilines is 2. The van der Waals surface area contributed by atoms with Crippen molar-refractivity contribution in [1.29, 1.82) is 0 Å².